The Kier molecular flexibility index (Phi) is 6.26. The van der Waals surface area contributed by atoms with Crippen molar-refractivity contribution in [3.05, 3.63) is 89.5 Å². The second-order valence-electron chi connectivity index (χ2n) is 5.99. The van der Waals surface area contributed by atoms with Gasteiger partial charge in [-0.15, -0.1) is 0 Å². The number of ether oxygens (including phenoxy) is 2. The molecular weight excluding hydrogens is 348 g/mol. The molecule has 0 radical (unpaired) electrons. The molecule has 0 unspecified atom stereocenters. The zero-order chi connectivity index (χ0) is 19.1. The van der Waals surface area contributed by atoms with Gasteiger partial charge in [0.1, 0.15) is 18.2 Å². The highest BCUT2D eigenvalue weighted by Gasteiger charge is 2.07. The summed E-state index contributed by atoms with van der Waals surface area (Å²) in [5.74, 6) is 0.748. The van der Waals surface area contributed by atoms with Crippen LogP contribution in [0.2, 0.25) is 0 Å². The summed E-state index contributed by atoms with van der Waals surface area (Å²) in [7, 11) is 0. The van der Waals surface area contributed by atoms with Crippen LogP contribution in [-0.2, 0) is 13.2 Å². The van der Waals surface area contributed by atoms with Gasteiger partial charge in [-0.2, -0.15) is 0 Å². The molecule has 27 heavy (non-hydrogen) atoms. The molecule has 0 saturated heterocycles. The minimum Gasteiger partial charge on any atom is -0.490 e. The zero-order valence-corrected chi connectivity index (χ0v) is 15.0. The molecule has 0 aliphatic carbocycles. The molecule has 0 aromatic heterocycles. The fourth-order valence-electron chi connectivity index (χ4n) is 2.56. The van der Waals surface area contributed by atoms with Crippen molar-refractivity contribution in [2.45, 2.75) is 20.1 Å². The SMILES string of the molecule is CCOc1cc(CNc2ccc(F)cc2)ccc1OCc1ccc(F)cc1. The van der Waals surface area contributed by atoms with E-state index in [1.807, 2.05) is 25.1 Å². The van der Waals surface area contributed by atoms with E-state index in [4.69, 9.17) is 9.47 Å². The Morgan fingerprint density at radius 2 is 1.37 bits per heavy atom. The van der Waals surface area contributed by atoms with E-state index < -0.39 is 0 Å². The van der Waals surface area contributed by atoms with Crippen LogP contribution in [0.25, 0.3) is 0 Å². The van der Waals surface area contributed by atoms with Gasteiger partial charge in [0.25, 0.3) is 0 Å². The minimum atomic E-state index is -0.272. The summed E-state index contributed by atoms with van der Waals surface area (Å²) in [5.41, 5.74) is 2.73. The molecule has 0 aliphatic rings. The second-order valence-corrected chi connectivity index (χ2v) is 5.99. The topological polar surface area (TPSA) is 30.5 Å². The van der Waals surface area contributed by atoms with Crippen molar-refractivity contribution >= 4 is 5.69 Å². The summed E-state index contributed by atoms with van der Waals surface area (Å²) < 4.78 is 37.5. The van der Waals surface area contributed by atoms with Crippen LogP contribution < -0.4 is 14.8 Å². The lowest BCUT2D eigenvalue weighted by Crippen LogP contribution is -2.03. The van der Waals surface area contributed by atoms with Gasteiger partial charge in [-0.1, -0.05) is 18.2 Å². The van der Waals surface area contributed by atoms with Gasteiger partial charge in [0.2, 0.25) is 0 Å². The van der Waals surface area contributed by atoms with Crippen LogP contribution >= 0.6 is 0 Å². The Morgan fingerprint density at radius 3 is 2.04 bits per heavy atom. The first-order valence-electron chi connectivity index (χ1n) is 8.76. The maximum Gasteiger partial charge on any atom is 0.161 e. The maximum absolute atomic E-state index is 13.0. The molecule has 3 aromatic carbocycles. The van der Waals surface area contributed by atoms with Gasteiger partial charge >= 0.3 is 0 Å². The molecule has 0 fully saturated rings. The number of nitrogens with one attached hydrogen (secondary N) is 1. The van der Waals surface area contributed by atoms with Crippen LogP contribution in [0.5, 0.6) is 11.5 Å². The van der Waals surface area contributed by atoms with E-state index in [9.17, 15) is 8.78 Å². The van der Waals surface area contributed by atoms with Crippen molar-refractivity contribution in [3.63, 3.8) is 0 Å². The van der Waals surface area contributed by atoms with E-state index in [0.717, 1.165) is 16.8 Å². The number of hydrogen-bond acceptors (Lipinski definition) is 3. The van der Waals surface area contributed by atoms with Crippen molar-refractivity contribution in [1.82, 2.24) is 0 Å². The average Bonchev–Trinajstić information content (AvgIpc) is 2.68. The molecule has 0 heterocycles. The summed E-state index contributed by atoms with van der Waals surface area (Å²) >= 11 is 0. The molecular formula is C22H21F2NO2. The predicted molar refractivity (Wildman–Crippen MR) is 102 cm³/mol. The summed E-state index contributed by atoms with van der Waals surface area (Å²) in [4.78, 5) is 0. The fourth-order valence-corrected chi connectivity index (χ4v) is 2.56. The molecule has 1 N–H and O–H groups in total. The molecule has 3 rings (SSSR count). The largest absolute Gasteiger partial charge is 0.490 e. The van der Waals surface area contributed by atoms with Gasteiger partial charge in [0.15, 0.2) is 11.5 Å². The van der Waals surface area contributed by atoms with Crippen molar-refractivity contribution in [2.24, 2.45) is 0 Å². The first kappa shape index (κ1) is 18.7. The van der Waals surface area contributed by atoms with Crippen LogP contribution in [0.4, 0.5) is 14.5 Å². The van der Waals surface area contributed by atoms with Crippen LogP contribution in [0.3, 0.4) is 0 Å². The Labute approximate surface area is 157 Å². The highest BCUT2D eigenvalue weighted by atomic mass is 19.1. The lowest BCUT2D eigenvalue weighted by molar-refractivity contribution is 0.269. The molecule has 0 spiro atoms. The molecule has 0 saturated carbocycles. The molecule has 5 heteroatoms. The maximum atomic E-state index is 13.0. The molecule has 0 bridgehead atoms. The Balaban J connectivity index is 1.66. The van der Waals surface area contributed by atoms with E-state index >= 15 is 0 Å². The van der Waals surface area contributed by atoms with E-state index in [0.29, 0.717) is 31.3 Å². The Morgan fingerprint density at radius 1 is 0.741 bits per heavy atom. The van der Waals surface area contributed by atoms with Gasteiger partial charge in [-0.05, 0) is 66.6 Å². The van der Waals surface area contributed by atoms with Crippen LogP contribution in [0.1, 0.15) is 18.1 Å². The monoisotopic (exact) mass is 369 g/mol. The number of halogens is 2. The Bertz CT molecular complexity index is 864. The molecule has 0 aliphatic heterocycles. The molecule has 0 atom stereocenters. The fraction of sp³-hybridized carbons (Fsp3) is 0.182. The van der Waals surface area contributed by atoms with Crippen molar-refractivity contribution < 1.29 is 18.3 Å². The summed E-state index contributed by atoms with van der Waals surface area (Å²) in [6.45, 7) is 3.33. The van der Waals surface area contributed by atoms with E-state index in [1.54, 1.807) is 24.3 Å². The Hall–Kier alpha value is -3.08. The summed E-state index contributed by atoms with van der Waals surface area (Å²) in [5, 5.41) is 3.24. The first-order chi connectivity index (χ1) is 13.1. The van der Waals surface area contributed by atoms with Crippen LogP contribution in [-0.4, -0.2) is 6.61 Å². The van der Waals surface area contributed by atoms with Crippen LogP contribution in [0, 0.1) is 11.6 Å². The third-order valence-corrected chi connectivity index (χ3v) is 3.96. The highest BCUT2D eigenvalue weighted by Crippen LogP contribution is 2.29. The third kappa shape index (κ3) is 5.45. The molecule has 0 amide bonds. The zero-order valence-electron chi connectivity index (χ0n) is 15.0. The first-order valence-corrected chi connectivity index (χ1v) is 8.76. The molecule has 3 aromatic rings. The van der Waals surface area contributed by atoms with E-state index in [-0.39, 0.29) is 11.6 Å². The normalized spacial score (nSPS) is 10.5. The lowest BCUT2D eigenvalue weighted by Gasteiger charge is -2.14. The van der Waals surface area contributed by atoms with Gasteiger partial charge < -0.3 is 14.8 Å². The summed E-state index contributed by atoms with van der Waals surface area (Å²) in [6.07, 6.45) is 0. The number of rotatable bonds is 8. The van der Waals surface area contributed by atoms with Crippen molar-refractivity contribution in [1.29, 1.82) is 0 Å². The number of anilines is 1. The lowest BCUT2D eigenvalue weighted by atomic mass is 10.2. The standard InChI is InChI=1S/C22H21F2NO2/c1-2-26-22-13-17(14-25-20-10-8-19(24)9-11-20)5-12-21(22)27-15-16-3-6-18(23)7-4-16/h3-13,25H,2,14-15H2,1H3. The summed E-state index contributed by atoms with van der Waals surface area (Å²) in [6, 6.07) is 18.1. The van der Waals surface area contributed by atoms with Gasteiger partial charge in [0, 0.05) is 12.2 Å². The van der Waals surface area contributed by atoms with Gasteiger partial charge in [-0.25, -0.2) is 8.78 Å². The number of benzene rings is 3. The van der Waals surface area contributed by atoms with E-state index in [1.165, 1.54) is 24.3 Å². The smallest absolute Gasteiger partial charge is 0.161 e. The predicted octanol–water partition coefficient (Wildman–Crippen LogP) is 5.55. The average molecular weight is 369 g/mol. The van der Waals surface area contributed by atoms with E-state index in [2.05, 4.69) is 5.32 Å². The second kappa shape index (κ2) is 9.03. The quantitative estimate of drug-likeness (QED) is 0.564. The van der Waals surface area contributed by atoms with Crippen LogP contribution in [0.15, 0.2) is 66.7 Å². The highest BCUT2D eigenvalue weighted by molar-refractivity contribution is 5.47. The van der Waals surface area contributed by atoms with Gasteiger partial charge in [-0.3, -0.25) is 0 Å². The molecule has 140 valence electrons. The third-order valence-electron chi connectivity index (χ3n) is 3.96. The van der Waals surface area contributed by atoms with Crippen molar-refractivity contribution in [3.8, 4) is 11.5 Å². The minimum absolute atomic E-state index is 0.262. The van der Waals surface area contributed by atoms with Crippen molar-refractivity contribution in [2.75, 3.05) is 11.9 Å². The van der Waals surface area contributed by atoms with Gasteiger partial charge in [0.05, 0.1) is 6.61 Å². The number of hydrogen-bond donors (Lipinski definition) is 1. The molecule has 3 nitrogen and oxygen atoms in total.